The van der Waals surface area contributed by atoms with Gasteiger partial charge in [-0.3, -0.25) is 9.59 Å². The predicted molar refractivity (Wildman–Crippen MR) is 91.6 cm³/mol. The van der Waals surface area contributed by atoms with Crippen LogP contribution in [0.2, 0.25) is 0 Å². The van der Waals surface area contributed by atoms with Crippen LogP contribution < -0.4 is 0 Å². The smallest absolute Gasteiger partial charge is 0.274 e. The Kier molecular flexibility index (Phi) is 4.61. The predicted octanol–water partition coefficient (Wildman–Crippen LogP) is 2.63. The Labute approximate surface area is 140 Å². The number of carbonyl (C=O) groups is 2. The van der Waals surface area contributed by atoms with Crippen LogP contribution in [0.15, 0.2) is 24.3 Å². The fraction of sp³-hybridized carbons (Fsp3) is 0.471. The van der Waals surface area contributed by atoms with Gasteiger partial charge in [-0.1, -0.05) is 32.0 Å². The third-order valence-corrected chi connectivity index (χ3v) is 4.91. The third kappa shape index (κ3) is 3.37. The highest BCUT2D eigenvalue weighted by molar-refractivity contribution is 7.13. The normalized spacial score (nSPS) is 15.4. The molecule has 6 heteroatoms. The molecule has 2 amide bonds. The number of benzene rings is 1. The SMILES string of the molecule is CC(C)CC(=O)N1CCN(C(=O)c2nsc3ccccc23)CC1. The van der Waals surface area contributed by atoms with Gasteiger partial charge in [-0.05, 0) is 23.5 Å². The molecule has 23 heavy (non-hydrogen) atoms. The number of hydrogen-bond donors (Lipinski definition) is 0. The summed E-state index contributed by atoms with van der Waals surface area (Å²) in [6.07, 6.45) is 0.574. The molecule has 2 aromatic rings. The number of rotatable bonds is 3. The van der Waals surface area contributed by atoms with E-state index in [1.54, 1.807) is 4.90 Å². The molecular weight excluding hydrogens is 310 g/mol. The minimum atomic E-state index is -0.0293. The number of fused-ring (bicyclic) bond motifs is 1. The van der Waals surface area contributed by atoms with Crippen molar-refractivity contribution in [2.75, 3.05) is 26.2 Å². The summed E-state index contributed by atoms with van der Waals surface area (Å²) in [7, 11) is 0. The maximum atomic E-state index is 12.7. The van der Waals surface area contributed by atoms with Crippen LogP contribution in [-0.2, 0) is 4.79 Å². The summed E-state index contributed by atoms with van der Waals surface area (Å²) >= 11 is 1.36. The highest BCUT2D eigenvalue weighted by Crippen LogP contribution is 2.23. The summed E-state index contributed by atoms with van der Waals surface area (Å²) in [6, 6.07) is 7.80. The van der Waals surface area contributed by atoms with Crippen molar-refractivity contribution in [3.63, 3.8) is 0 Å². The van der Waals surface area contributed by atoms with Gasteiger partial charge in [0.1, 0.15) is 5.69 Å². The molecule has 0 spiro atoms. The zero-order chi connectivity index (χ0) is 16.4. The van der Waals surface area contributed by atoms with E-state index in [4.69, 9.17) is 0 Å². The number of piperazine rings is 1. The van der Waals surface area contributed by atoms with E-state index < -0.39 is 0 Å². The molecule has 0 N–H and O–H groups in total. The van der Waals surface area contributed by atoms with Crippen LogP contribution in [0.3, 0.4) is 0 Å². The Morgan fingerprint density at radius 3 is 2.48 bits per heavy atom. The van der Waals surface area contributed by atoms with Crippen molar-refractivity contribution < 1.29 is 9.59 Å². The van der Waals surface area contributed by atoms with Crippen molar-refractivity contribution in [1.82, 2.24) is 14.2 Å². The standard InChI is InChI=1S/C17H21N3O2S/c1-12(2)11-15(21)19-7-9-20(10-8-19)17(22)16-13-5-3-4-6-14(13)23-18-16/h3-6,12H,7-11H2,1-2H3. The van der Waals surface area contributed by atoms with Crippen LogP contribution >= 0.6 is 11.5 Å². The second-order valence-corrected chi connectivity index (χ2v) is 7.10. The van der Waals surface area contributed by atoms with Gasteiger partial charge in [-0.15, -0.1) is 0 Å². The van der Waals surface area contributed by atoms with Gasteiger partial charge in [-0.2, -0.15) is 4.37 Å². The molecule has 0 radical (unpaired) electrons. The molecule has 122 valence electrons. The van der Waals surface area contributed by atoms with Crippen LogP contribution in [0.4, 0.5) is 0 Å². The second kappa shape index (κ2) is 6.66. The molecule has 2 heterocycles. The molecule has 0 aliphatic carbocycles. The number of hydrogen-bond acceptors (Lipinski definition) is 4. The van der Waals surface area contributed by atoms with Gasteiger partial charge in [0.25, 0.3) is 5.91 Å². The Morgan fingerprint density at radius 2 is 1.78 bits per heavy atom. The summed E-state index contributed by atoms with van der Waals surface area (Å²) in [4.78, 5) is 28.5. The van der Waals surface area contributed by atoms with E-state index in [2.05, 4.69) is 4.37 Å². The third-order valence-electron chi connectivity index (χ3n) is 4.08. The monoisotopic (exact) mass is 331 g/mol. The molecule has 1 aromatic carbocycles. The highest BCUT2D eigenvalue weighted by atomic mass is 32.1. The van der Waals surface area contributed by atoms with Gasteiger partial charge >= 0.3 is 0 Å². The molecule has 1 aromatic heterocycles. The van der Waals surface area contributed by atoms with E-state index in [0.29, 0.717) is 44.2 Å². The topological polar surface area (TPSA) is 53.5 Å². The zero-order valence-electron chi connectivity index (χ0n) is 13.5. The summed E-state index contributed by atoms with van der Waals surface area (Å²) in [5, 5.41) is 0.917. The second-order valence-electron chi connectivity index (χ2n) is 6.30. The summed E-state index contributed by atoms with van der Waals surface area (Å²) in [5.41, 5.74) is 0.535. The minimum Gasteiger partial charge on any atom is -0.339 e. The maximum Gasteiger partial charge on any atom is 0.274 e. The molecule has 1 saturated heterocycles. The maximum absolute atomic E-state index is 12.7. The average Bonchev–Trinajstić information content (AvgIpc) is 2.97. The summed E-state index contributed by atoms with van der Waals surface area (Å²) in [6.45, 7) is 6.47. The van der Waals surface area contributed by atoms with Crippen molar-refractivity contribution in [2.45, 2.75) is 20.3 Å². The Hall–Kier alpha value is -1.95. The molecule has 1 aliphatic rings. The largest absolute Gasteiger partial charge is 0.339 e. The minimum absolute atomic E-state index is 0.0293. The lowest BCUT2D eigenvalue weighted by Gasteiger charge is -2.34. The van der Waals surface area contributed by atoms with E-state index in [0.717, 1.165) is 10.1 Å². The van der Waals surface area contributed by atoms with Crippen molar-refractivity contribution in [3.8, 4) is 0 Å². The Bertz CT molecular complexity index is 717. The molecule has 0 saturated carbocycles. The number of carbonyl (C=O) groups excluding carboxylic acids is 2. The molecule has 5 nitrogen and oxygen atoms in total. The molecule has 1 fully saturated rings. The van der Waals surface area contributed by atoms with E-state index in [9.17, 15) is 9.59 Å². The van der Waals surface area contributed by atoms with Crippen LogP contribution in [0, 0.1) is 5.92 Å². The van der Waals surface area contributed by atoms with Gasteiger partial charge in [0.15, 0.2) is 0 Å². The summed E-state index contributed by atoms with van der Waals surface area (Å²) < 4.78 is 5.36. The fourth-order valence-corrected chi connectivity index (χ4v) is 3.60. The first kappa shape index (κ1) is 15.9. The van der Waals surface area contributed by atoms with Crippen molar-refractivity contribution in [1.29, 1.82) is 0 Å². The number of amides is 2. The molecule has 3 rings (SSSR count). The van der Waals surface area contributed by atoms with Crippen LogP contribution in [0.5, 0.6) is 0 Å². The number of nitrogens with zero attached hydrogens (tertiary/aromatic N) is 3. The van der Waals surface area contributed by atoms with E-state index in [-0.39, 0.29) is 11.8 Å². The molecule has 0 bridgehead atoms. The van der Waals surface area contributed by atoms with Gasteiger partial charge < -0.3 is 9.80 Å². The van der Waals surface area contributed by atoms with E-state index in [1.807, 2.05) is 43.0 Å². The van der Waals surface area contributed by atoms with Gasteiger partial charge in [-0.25, -0.2) is 0 Å². The van der Waals surface area contributed by atoms with Crippen molar-refractivity contribution in [3.05, 3.63) is 30.0 Å². The van der Waals surface area contributed by atoms with E-state index in [1.165, 1.54) is 11.5 Å². The highest BCUT2D eigenvalue weighted by Gasteiger charge is 2.27. The van der Waals surface area contributed by atoms with Crippen LogP contribution in [0.1, 0.15) is 30.8 Å². The van der Waals surface area contributed by atoms with Crippen molar-refractivity contribution >= 4 is 33.4 Å². The first-order valence-electron chi connectivity index (χ1n) is 7.97. The molecule has 0 atom stereocenters. The van der Waals surface area contributed by atoms with Crippen molar-refractivity contribution in [2.24, 2.45) is 5.92 Å². The molecule has 1 aliphatic heterocycles. The van der Waals surface area contributed by atoms with Gasteiger partial charge in [0, 0.05) is 38.0 Å². The summed E-state index contributed by atoms with van der Waals surface area (Å²) in [5.74, 6) is 0.521. The first-order chi connectivity index (χ1) is 11.1. The Balaban J connectivity index is 1.66. The lowest BCUT2D eigenvalue weighted by molar-refractivity contribution is -0.133. The molecular formula is C17H21N3O2S. The fourth-order valence-electron chi connectivity index (χ4n) is 2.83. The van der Waals surface area contributed by atoms with Crippen LogP contribution in [-0.4, -0.2) is 52.2 Å². The quantitative estimate of drug-likeness (QED) is 0.869. The average molecular weight is 331 g/mol. The van der Waals surface area contributed by atoms with E-state index >= 15 is 0 Å². The lowest BCUT2D eigenvalue weighted by atomic mass is 10.1. The Morgan fingerprint density at radius 1 is 1.13 bits per heavy atom. The lowest BCUT2D eigenvalue weighted by Crippen LogP contribution is -2.50. The van der Waals surface area contributed by atoms with Gasteiger partial charge in [0.05, 0.1) is 4.70 Å². The van der Waals surface area contributed by atoms with Crippen LogP contribution in [0.25, 0.3) is 10.1 Å². The first-order valence-corrected chi connectivity index (χ1v) is 8.75. The zero-order valence-corrected chi connectivity index (χ0v) is 14.3. The molecule has 0 unspecified atom stereocenters. The van der Waals surface area contributed by atoms with Gasteiger partial charge in [0.2, 0.25) is 5.91 Å². The number of aromatic nitrogens is 1.